The van der Waals surface area contributed by atoms with E-state index in [0.29, 0.717) is 28.7 Å². The second-order valence-corrected chi connectivity index (χ2v) is 8.21. The minimum Gasteiger partial charge on any atom is -0.471 e. The van der Waals surface area contributed by atoms with E-state index in [1.807, 2.05) is 50.2 Å². The average molecular weight is 470 g/mol. The predicted octanol–water partition coefficient (Wildman–Crippen LogP) is 5.34. The van der Waals surface area contributed by atoms with Crippen LogP contribution in [0.5, 0.6) is 5.75 Å². The van der Waals surface area contributed by atoms with Gasteiger partial charge in [0.1, 0.15) is 5.75 Å². The molecule has 0 bridgehead atoms. The Morgan fingerprint density at radius 3 is 2.59 bits per heavy atom. The molecule has 0 atom stereocenters. The van der Waals surface area contributed by atoms with Gasteiger partial charge in [0.05, 0.1) is 17.8 Å². The molecule has 0 saturated heterocycles. The van der Waals surface area contributed by atoms with E-state index in [-0.39, 0.29) is 12.6 Å². The van der Waals surface area contributed by atoms with Crippen LogP contribution in [0, 0.1) is 13.8 Å². The molecular formula is C23H21Cl2N5O2. The number of anilines is 1. The Kier molecular flexibility index (Phi) is 6.48. The molecule has 164 valence electrons. The zero-order valence-electron chi connectivity index (χ0n) is 17.5. The molecule has 0 radical (unpaired) electrons. The molecule has 2 aromatic carbocycles. The molecule has 0 fully saturated rings. The smallest absolute Gasteiger partial charge is 0.276 e. The Bertz CT molecular complexity index is 1240. The van der Waals surface area contributed by atoms with Crippen LogP contribution in [0.15, 0.2) is 61.1 Å². The number of hydrogen-bond donors (Lipinski definition) is 1. The van der Waals surface area contributed by atoms with Crippen LogP contribution in [0.4, 0.5) is 5.69 Å². The first-order valence-corrected chi connectivity index (χ1v) is 10.6. The van der Waals surface area contributed by atoms with Gasteiger partial charge in [-0.1, -0.05) is 35.3 Å². The molecule has 9 heteroatoms. The van der Waals surface area contributed by atoms with Gasteiger partial charge in [-0.25, -0.2) is 4.68 Å². The van der Waals surface area contributed by atoms with Crippen molar-refractivity contribution in [3.8, 4) is 5.75 Å². The molecule has 7 nitrogen and oxygen atoms in total. The van der Waals surface area contributed by atoms with E-state index in [1.165, 1.54) is 0 Å². The molecule has 1 N–H and O–H groups in total. The summed E-state index contributed by atoms with van der Waals surface area (Å²) >= 11 is 12.1. The third-order valence-electron chi connectivity index (χ3n) is 4.78. The first kappa shape index (κ1) is 21.9. The number of amides is 1. The molecule has 0 aliphatic rings. The van der Waals surface area contributed by atoms with Crippen LogP contribution in [0.2, 0.25) is 10.0 Å². The minimum atomic E-state index is -0.304. The van der Waals surface area contributed by atoms with Crippen molar-refractivity contribution in [2.75, 3.05) is 5.32 Å². The van der Waals surface area contributed by atoms with E-state index in [1.54, 1.807) is 34.0 Å². The number of benzene rings is 2. The van der Waals surface area contributed by atoms with E-state index in [0.717, 1.165) is 21.7 Å². The normalized spacial score (nSPS) is 10.9. The SMILES string of the molecule is Cc1cc(OCn2ccc(C(=O)Nc3cccc(Cn4cc(Cl)cn4)c3)n2)cc(C)c1Cl. The monoisotopic (exact) mass is 469 g/mol. The molecule has 4 aromatic rings. The zero-order chi connectivity index (χ0) is 22.7. The zero-order valence-corrected chi connectivity index (χ0v) is 19.1. The Balaban J connectivity index is 1.37. The van der Waals surface area contributed by atoms with Gasteiger partial charge in [0.15, 0.2) is 12.4 Å². The first-order chi connectivity index (χ1) is 15.4. The van der Waals surface area contributed by atoms with Gasteiger partial charge in [0.2, 0.25) is 0 Å². The lowest BCUT2D eigenvalue weighted by atomic mass is 10.1. The number of halogens is 2. The van der Waals surface area contributed by atoms with Crippen LogP contribution in [0.25, 0.3) is 0 Å². The fraction of sp³-hybridized carbons (Fsp3) is 0.174. The van der Waals surface area contributed by atoms with Gasteiger partial charge in [-0.05, 0) is 60.9 Å². The van der Waals surface area contributed by atoms with Crippen molar-refractivity contribution in [2.24, 2.45) is 0 Å². The Morgan fingerprint density at radius 2 is 1.88 bits per heavy atom. The summed E-state index contributed by atoms with van der Waals surface area (Å²) in [7, 11) is 0. The van der Waals surface area contributed by atoms with Crippen LogP contribution in [0.1, 0.15) is 27.2 Å². The van der Waals surface area contributed by atoms with Gasteiger partial charge in [-0.3, -0.25) is 9.48 Å². The Labute approximate surface area is 195 Å². The van der Waals surface area contributed by atoms with E-state index < -0.39 is 0 Å². The summed E-state index contributed by atoms with van der Waals surface area (Å²) in [6.45, 7) is 4.58. The topological polar surface area (TPSA) is 74.0 Å². The molecule has 0 saturated carbocycles. The lowest BCUT2D eigenvalue weighted by Gasteiger charge is -2.10. The molecular weight excluding hydrogens is 449 g/mol. The van der Waals surface area contributed by atoms with Crippen molar-refractivity contribution in [2.45, 2.75) is 27.1 Å². The van der Waals surface area contributed by atoms with Crippen molar-refractivity contribution in [3.05, 3.63) is 93.5 Å². The molecule has 2 heterocycles. The summed E-state index contributed by atoms with van der Waals surface area (Å²) in [5.74, 6) is 0.391. The van der Waals surface area contributed by atoms with Crippen LogP contribution in [-0.4, -0.2) is 25.5 Å². The largest absolute Gasteiger partial charge is 0.471 e. The lowest BCUT2D eigenvalue weighted by Crippen LogP contribution is -2.14. The highest BCUT2D eigenvalue weighted by molar-refractivity contribution is 6.32. The quantitative estimate of drug-likeness (QED) is 0.396. The van der Waals surface area contributed by atoms with Crippen molar-refractivity contribution in [1.82, 2.24) is 19.6 Å². The number of carbonyl (C=O) groups is 1. The minimum absolute atomic E-state index is 0.176. The van der Waals surface area contributed by atoms with Gasteiger partial charge >= 0.3 is 0 Å². The van der Waals surface area contributed by atoms with Gasteiger partial charge < -0.3 is 10.1 Å². The molecule has 0 aliphatic carbocycles. The maximum absolute atomic E-state index is 12.6. The maximum atomic E-state index is 12.6. The summed E-state index contributed by atoms with van der Waals surface area (Å²) in [6, 6.07) is 12.9. The number of hydrogen-bond acceptors (Lipinski definition) is 4. The van der Waals surface area contributed by atoms with Crippen molar-refractivity contribution >= 4 is 34.8 Å². The molecule has 0 aliphatic heterocycles. The van der Waals surface area contributed by atoms with Crippen LogP contribution >= 0.6 is 23.2 Å². The number of ether oxygens (including phenoxy) is 1. The molecule has 0 unspecified atom stereocenters. The lowest BCUT2D eigenvalue weighted by molar-refractivity contribution is 0.102. The van der Waals surface area contributed by atoms with Crippen molar-refractivity contribution in [3.63, 3.8) is 0 Å². The van der Waals surface area contributed by atoms with Gasteiger partial charge in [-0.15, -0.1) is 0 Å². The number of rotatable bonds is 7. The number of aryl methyl sites for hydroxylation is 2. The fourth-order valence-corrected chi connectivity index (χ4v) is 3.50. The van der Waals surface area contributed by atoms with Crippen molar-refractivity contribution in [1.29, 1.82) is 0 Å². The summed E-state index contributed by atoms with van der Waals surface area (Å²) in [5.41, 5.74) is 3.83. The molecule has 0 spiro atoms. The highest BCUT2D eigenvalue weighted by Gasteiger charge is 2.11. The van der Waals surface area contributed by atoms with Crippen LogP contribution < -0.4 is 10.1 Å². The standard InChI is InChI=1S/C23H21Cl2N5O2/c1-15-8-20(9-16(2)22(15)25)32-14-29-7-6-21(28-29)23(31)27-19-5-3-4-17(10-19)12-30-13-18(24)11-26-30/h3-11,13H,12,14H2,1-2H3,(H,27,31). The third-order valence-corrected chi connectivity index (χ3v) is 5.57. The summed E-state index contributed by atoms with van der Waals surface area (Å²) < 4.78 is 9.08. The molecule has 2 aromatic heterocycles. The van der Waals surface area contributed by atoms with Gasteiger partial charge in [-0.2, -0.15) is 10.2 Å². The average Bonchev–Trinajstić information content (AvgIpc) is 3.39. The van der Waals surface area contributed by atoms with E-state index in [4.69, 9.17) is 27.9 Å². The number of nitrogens with one attached hydrogen (secondary N) is 1. The second kappa shape index (κ2) is 9.46. The Hall–Kier alpha value is -3.29. The van der Waals surface area contributed by atoms with Crippen molar-refractivity contribution < 1.29 is 9.53 Å². The number of aromatic nitrogens is 4. The number of carbonyl (C=O) groups excluding carboxylic acids is 1. The van der Waals surface area contributed by atoms with E-state index >= 15 is 0 Å². The predicted molar refractivity (Wildman–Crippen MR) is 125 cm³/mol. The summed E-state index contributed by atoms with van der Waals surface area (Å²) in [4.78, 5) is 12.6. The number of nitrogens with zero attached hydrogens (tertiary/aromatic N) is 4. The Morgan fingerprint density at radius 1 is 1.09 bits per heavy atom. The second-order valence-electron chi connectivity index (χ2n) is 7.40. The summed E-state index contributed by atoms with van der Waals surface area (Å²) in [6.07, 6.45) is 5.03. The maximum Gasteiger partial charge on any atom is 0.276 e. The molecule has 4 rings (SSSR count). The fourth-order valence-electron chi connectivity index (χ4n) is 3.24. The summed E-state index contributed by atoms with van der Waals surface area (Å²) in [5, 5.41) is 12.7. The molecule has 32 heavy (non-hydrogen) atoms. The van der Waals surface area contributed by atoms with Crippen LogP contribution in [-0.2, 0) is 13.3 Å². The first-order valence-electron chi connectivity index (χ1n) is 9.88. The van der Waals surface area contributed by atoms with E-state index in [2.05, 4.69) is 15.5 Å². The molecule has 1 amide bonds. The third kappa shape index (κ3) is 5.30. The van der Waals surface area contributed by atoms with Gasteiger partial charge in [0.25, 0.3) is 5.91 Å². The van der Waals surface area contributed by atoms with Gasteiger partial charge in [0, 0.05) is 23.1 Å². The van der Waals surface area contributed by atoms with Crippen LogP contribution in [0.3, 0.4) is 0 Å². The van der Waals surface area contributed by atoms with E-state index in [9.17, 15) is 4.79 Å². The highest BCUT2D eigenvalue weighted by atomic mass is 35.5. The highest BCUT2D eigenvalue weighted by Crippen LogP contribution is 2.26.